The Bertz CT molecular complexity index is 480. The molecular formula is C20H35N3O. The first-order valence-electron chi connectivity index (χ1n) is 9.45. The molecule has 4 nitrogen and oxygen atoms in total. The number of hydrogen-bond donors (Lipinski definition) is 0. The molecule has 136 valence electrons. The van der Waals surface area contributed by atoms with Crippen LogP contribution in [-0.4, -0.2) is 74.7 Å². The van der Waals surface area contributed by atoms with Crippen molar-refractivity contribution in [2.24, 2.45) is 0 Å². The Labute approximate surface area is 148 Å². The molecular weight excluding hydrogens is 298 g/mol. The van der Waals surface area contributed by atoms with Crippen molar-refractivity contribution in [3.63, 3.8) is 0 Å². The maximum atomic E-state index is 5.56. The van der Waals surface area contributed by atoms with Crippen LogP contribution in [0.1, 0.15) is 31.4 Å². The van der Waals surface area contributed by atoms with E-state index in [1.165, 1.54) is 50.3 Å². The van der Waals surface area contributed by atoms with Crippen LogP contribution in [0, 0.1) is 0 Å². The molecule has 0 amide bonds. The lowest BCUT2D eigenvalue weighted by atomic mass is 10.0. The molecule has 0 radical (unpaired) electrons. The number of nitrogens with zero attached hydrogens (tertiary/aromatic N) is 3. The number of benzene rings is 1. The van der Waals surface area contributed by atoms with Gasteiger partial charge in [-0.25, -0.2) is 0 Å². The van der Waals surface area contributed by atoms with Gasteiger partial charge in [-0.1, -0.05) is 26.0 Å². The third kappa shape index (κ3) is 5.76. The molecule has 2 rings (SSSR count). The van der Waals surface area contributed by atoms with Crippen LogP contribution in [0.25, 0.3) is 0 Å². The zero-order valence-electron chi connectivity index (χ0n) is 16.1. The third-order valence-corrected chi connectivity index (χ3v) is 5.17. The van der Waals surface area contributed by atoms with Gasteiger partial charge in [0.05, 0.1) is 7.11 Å². The van der Waals surface area contributed by atoms with Crippen LogP contribution < -0.4 is 4.74 Å². The van der Waals surface area contributed by atoms with Crippen LogP contribution >= 0.6 is 0 Å². The molecule has 1 aliphatic heterocycles. The van der Waals surface area contributed by atoms with E-state index in [4.69, 9.17) is 4.74 Å². The van der Waals surface area contributed by atoms with Crippen molar-refractivity contribution in [1.29, 1.82) is 0 Å². The second-order valence-electron chi connectivity index (χ2n) is 6.86. The van der Waals surface area contributed by atoms with Gasteiger partial charge in [-0.05, 0) is 51.2 Å². The Morgan fingerprint density at radius 3 is 2.42 bits per heavy atom. The molecule has 0 spiro atoms. The van der Waals surface area contributed by atoms with Gasteiger partial charge in [0.1, 0.15) is 5.75 Å². The number of aryl methyl sites for hydroxylation is 1. The van der Waals surface area contributed by atoms with E-state index in [9.17, 15) is 0 Å². The summed E-state index contributed by atoms with van der Waals surface area (Å²) in [5.41, 5.74) is 2.75. The summed E-state index contributed by atoms with van der Waals surface area (Å²) in [7, 11) is 3.99. The summed E-state index contributed by atoms with van der Waals surface area (Å²) in [6.07, 6.45) is 2.39. The Hall–Kier alpha value is -1.10. The van der Waals surface area contributed by atoms with Crippen LogP contribution in [0.5, 0.6) is 5.75 Å². The quantitative estimate of drug-likeness (QED) is 0.691. The van der Waals surface area contributed by atoms with Crippen molar-refractivity contribution < 1.29 is 4.74 Å². The highest BCUT2D eigenvalue weighted by Crippen LogP contribution is 2.22. The minimum atomic E-state index is 0.975. The summed E-state index contributed by atoms with van der Waals surface area (Å²) in [6.45, 7) is 13.6. The van der Waals surface area contributed by atoms with E-state index in [2.05, 4.69) is 53.8 Å². The van der Waals surface area contributed by atoms with E-state index in [1.54, 1.807) is 7.11 Å². The maximum Gasteiger partial charge on any atom is 0.123 e. The zero-order chi connectivity index (χ0) is 17.4. The van der Waals surface area contributed by atoms with Crippen molar-refractivity contribution in [3.05, 3.63) is 29.3 Å². The van der Waals surface area contributed by atoms with Gasteiger partial charge in [-0.15, -0.1) is 0 Å². The lowest BCUT2D eigenvalue weighted by molar-refractivity contribution is 0.153. The molecule has 1 aromatic carbocycles. The normalized spacial score (nSPS) is 16.7. The molecule has 0 N–H and O–H groups in total. The highest BCUT2D eigenvalue weighted by molar-refractivity contribution is 5.37. The highest BCUT2D eigenvalue weighted by Gasteiger charge is 2.13. The summed E-state index contributed by atoms with van der Waals surface area (Å²) < 4.78 is 5.56. The average molecular weight is 334 g/mol. The Morgan fingerprint density at radius 2 is 1.79 bits per heavy atom. The summed E-state index contributed by atoms with van der Waals surface area (Å²) in [4.78, 5) is 7.45. The Balaban J connectivity index is 1.88. The molecule has 0 atom stereocenters. The molecule has 0 saturated carbocycles. The highest BCUT2D eigenvalue weighted by atomic mass is 16.5. The average Bonchev–Trinajstić information content (AvgIpc) is 2.61. The van der Waals surface area contributed by atoms with Gasteiger partial charge >= 0.3 is 0 Å². The van der Waals surface area contributed by atoms with Gasteiger partial charge < -0.3 is 14.5 Å². The van der Waals surface area contributed by atoms with Crippen molar-refractivity contribution in [2.75, 3.05) is 60.0 Å². The number of piperazine rings is 1. The lowest BCUT2D eigenvalue weighted by Gasteiger charge is -2.32. The smallest absolute Gasteiger partial charge is 0.123 e. The van der Waals surface area contributed by atoms with Crippen LogP contribution in [0.3, 0.4) is 0 Å². The fraction of sp³-hybridized carbons (Fsp3) is 0.700. The van der Waals surface area contributed by atoms with Crippen LogP contribution in [0.2, 0.25) is 0 Å². The molecule has 1 fully saturated rings. The first-order chi connectivity index (χ1) is 11.7. The second kappa shape index (κ2) is 10.0. The molecule has 1 saturated heterocycles. The summed E-state index contributed by atoms with van der Waals surface area (Å²) in [5.74, 6) is 1.02. The fourth-order valence-corrected chi connectivity index (χ4v) is 3.38. The van der Waals surface area contributed by atoms with Crippen molar-refractivity contribution in [2.45, 2.75) is 33.2 Å². The predicted octanol–water partition coefficient (Wildman–Crippen LogP) is 2.72. The van der Waals surface area contributed by atoms with Gasteiger partial charge in [-0.3, -0.25) is 4.90 Å². The molecule has 0 unspecified atom stereocenters. The molecule has 1 aromatic rings. The van der Waals surface area contributed by atoms with E-state index in [0.29, 0.717) is 0 Å². The topological polar surface area (TPSA) is 19.0 Å². The number of methoxy groups -OCH3 is 1. The first-order valence-corrected chi connectivity index (χ1v) is 9.45. The molecule has 0 aliphatic carbocycles. The van der Waals surface area contributed by atoms with Crippen LogP contribution in [0.15, 0.2) is 18.2 Å². The van der Waals surface area contributed by atoms with E-state index in [1.807, 2.05) is 0 Å². The minimum absolute atomic E-state index is 0.975. The summed E-state index contributed by atoms with van der Waals surface area (Å²) in [5, 5.41) is 0. The van der Waals surface area contributed by atoms with Gasteiger partial charge in [0, 0.05) is 38.3 Å². The minimum Gasteiger partial charge on any atom is -0.496 e. The van der Waals surface area contributed by atoms with Crippen molar-refractivity contribution >= 4 is 0 Å². The van der Waals surface area contributed by atoms with E-state index in [0.717, 1.165) is 31.8 Å². The summed E-state index contributed by atoms with van der Waals surface area (Å²) in [6, 6.07) is 6.72. The van der Waals surface area contributed by atoms with Gasteiger partial charge in [-0.2, -0.15) is 0 Å². The predicted molar refractivity (Wildman–Crippen MR) is 102 cm³/mol. The Morgan fingerprint density at radius 1 is 1.08 bits per heavy atom. The summed E-state index contributed by atoms with van der Waals surface area (Å²) >= 11 is 0. The molecule has 1 heterocycles. The number of hydrogen-bond acceptors (Lipinski definition) is 4. The van der Waals surface area contributed by atoms with E-state index >= 15 is 0 Å². The monoisotopic (exact) mass is 333 g/mol. The molecule has 24 heavy (non-hydrogen) atoms. The van der Waals surface area contributed by atoms with Crippen molar-refractivity contribution in [3.8, 4) is 5.75 Å². The Kier molecular flexibility index (Phi) is 8.03. The zero-order valence-corrected chi connectivity index (χ0v) is 16.1. The first kappa shape index (κ1) is 19.2. The largest absolute Gasteiger partial charge is 0.496 e. The van der Waals surface area contributed by atoms with Gasteiger partial charge in [0.2, 0.25) is 0 Å². The van der Waals surface area contributed by atoms with E-state index < -0.39 is 0 Å². The maximum absolute atomic E-state index is 5.56. The molecule has 0 aromatic heterocycles. The number of rotatable bonds is 9. The van der Waals surface area contributed by atoms with Crippen LogP contribution in [0.4, 0.5) is 0 Å². The van der Waals surface area contributed by atoms with E-state index in [-0.39, 0.29) is 0 Å². The lowest BCUT2D eigenvalue weighted by Crippen LogP contribution is -2.44. The molecule has 4 heteroatoms. The van der Waals surface area contributed by atoms with Crippen LogP contribution in [-0.2, 0) is 13.0 Å². The molecule has 0 bridgehead atoms. The standard InChI is InChI=1S/C20H35N3O/c1-5-22(6-2)17-19-16-18(9-10-20(19)24-4)8-7-11-23-14-12-21(3)13-15-23/h9-10,16H,5-8,11-15,17H2,1-4H3. The number of likely N-dealkylation sites (N-methyl/N-ethyl adjacent to an activating group) is 1. The number of ether oxygens (including phenoxy) is 1. The third-order valence-electron chi connectivity index (χ3n) is 5.17. The van der Waals surface area contributed by atoms with Gasteiger partial charge in [0.25, 0.3) is 0 Å². The van der Waals surface area contributed by atoms with Crippen molar-refractivity contribution in [1.82, 2.24) is 14.7 Å². The van der Waals surface area contributed by atoms with Gasteiger partial charge in [0.15, 0.2) is 0 Å². The molecule has 1 aliphatic rings. The fourth-order valence-electron chi connectivity index (χ4n) is 3.38. The SMILES string of the molecule is CCN(CC)Cc1cc(CCCN2CCN(C)CC2)ccc1OC. The second-order valence-corrected chi connectivity index (χ2v) is 6.86.